The summed E-state index contributed by atoms with van der Waals surface area (Å²) in [5.41, 5.74) is -0.488. The number of carbonyl (C=O) groups is 2. The minimum atomic E-state index is -0.986. The van der Waals surface area contributed by atoms with Gasteiger partial charge in [-0.25, -0.2) is 0 Å². The smallest absolute Gasteiger partial charge is 0.310 e. The first-order chi connectivity index (χ1) is 8.88. The molecular weight excluding hydrogens is 248 g/mol. The molecule has 0 aromatic carbocycles. The molecule has 6 heteroatoms. The highest BCUT2D eigenvalue weighted by molar-refractivity contribution is 5.93. The molecule has 1 aromatic heterocycles. The number of aromatic nitrogens is 1. The van der Waals surface area contributed by atoms with Gasteiger partial charge in [-0.1, -0.05) is 0 Å². The number of ether oxygens (including phenoxy) is 1. The Morgan fingerprint density at radius 3 is 2.74 bits per heavy atom. The SMILES string of the molecule is COCCn1cccc1C(=O)NCC(C)(C)C(=O)O. The van der Waals surface area contributed by atoms with Crippen molar-refractivity contribution in [2.75, 3.05) is 20.3 Å². The predicted molar refractivity (Wildman–Crippen MR) is 70.1 cm³/mol. The average Bonchev–Trinajstić information content (AvgIpc) is 2.81. The number of carboxylic acid groups (broad SMARTS) is 1. The van der Waals surface area contributed by atoms with Crippen molar-refractivity contribution in [3.05, 3.63) is 24.0 Å². The summed E-state index contributed by atoms with van der Waals surface area (Å²) in [7, 11) is 1.60. The van der Waals surface area contributed by atoms with E-state index < -0.39 is 11.4 Å². The second kappa shape index (κ2) is 6.38. The van der Waals surface area contributed by atoms with E-state index in [1.54, 1.807) is 43.9 Å². The molecule has 0 saturated heterocycles. The van der Waals surface area contributed by atoms with Gasteiger partial charge in [0, 0.05) is 26.4 Å². The highest BCUT2D eigenvalue weighted by atomic mass is 16.5. The monoisotopic (exact) mass is 268 g/mol. The number of nitrogens with one attached hydrogen (secondary N) is 1. The Balaban J connectivity index is 2.64. The zero-order chi connectivity index (χ0) is 14.5. The largest absolute Gasteiger partial charge is 0.481 e. The van der Waals surface area contributed by atoms with Crippen LogP contribution in [0.5, 0.6) is 0 Å². The fourth-order valence-electron chi connectivity index (χ4n) is 1.47. The maximum atomic E-state index is 12.0. The number of aliphatic carboxylic acids is 1. The minimum Gasteiger partial charge on any atom is -0.481 e. The molecule has 0 atom stereocenters. The molecule has 0 fully saturated rings. The van der Waals surface area contributed by atoms with Gasteiger partial charge in [-0.05, 0) is 26.0 Å². The van der Waals surface area contributed by atoms with Crippen LogP contribution in [0.2, 0.25) is 0 Å². The van der Waals surface area contributed by atoms with Crippen LogP contribution in [0.25, 0.3) is 0 Å². The fraction of sp³-hybridized carbons (Fsp3) is 0.538. The lowest BCUT2D eigenvalue weighted by atomic mass is 9.94. The molecule has 1 amide bonds. The van der Waals surface area contributed by atoms with Crippen LogP contribution in [0.3, 0.4) is 0 Å². The van der Waals surface area contributed by atoms with Crippen LogP contribution in [-0.4, -0.2) is 41.8 Å². The standard InChI is InChI=1S/C13H20N2O4/c1-13(2,12(17)18)9-14-11(16)10-5-4-6-15(10)7-8-19-3/h4-6H,7-9H2,1-3H3,(H,14,16)(H,17,18). The van der Waals surface area contributed by atoms with Crippen LogP contribution in [-0.2, 0) is 16.1 Å². The number of carboxylic acids is 1. The maximum absolute atomic E-state index is 12.0. The van der Waals surface area contributed by atoms with E-state index in [9.17, 15) is 9.59 Å². The number of rotatable bonds is 7. The normalized spacial score (nSPS) is 11.3. The molecule has 0 aliphatic heterocycles. The van der Waals surface area contributed by atoms with E-state index in [0.29, 0.717) is 18.8 Å². The van der Waals surface area contributed by atoms with Crippen LogP contribution in [0.1, 0.15) is 24.3 Å². The van der Waals surface area contributed by atoms with Crippen molar-refractivity contribution in [2.24, 2.45) is 5.41 Å². The van der Waals surface area contributed by atoms with Crippen LogP contribution in [0.4, 0.5) is 0 Å². The summed E-state index contributed by atoms with van der Waals surface area (Å²) in [6, 6.07) is 3.46. The Bertz CT molecular complexity index is 451. The van der Waals surface area contributed by atoms with Crippen molar-refractivity contribution in [3.8, 4) is 0 Å². The minimum absolute atomic E-state index is 0.0800. The van der Waals surface area contributed by atoms with Gasteiger partial charge < -0.3 is 19.7 Å². The van der Waals surface area contributed by atoms with Crippen molar-refractivity contribution in [1.82, 2.24) is 9.88 Å². The predicted octanol–water partition coefficient (Wildman–Crippen LogP) is 0.975. The van der Waals surface area contributed by atoms with Gasteiger partial charge in [0.05, 0.1) is 12.0 Å². The highest BCUT2D eigenvalue weighted by Gasteiger charge is 2.28. The summed E-state index contributed by atoms with van der Waals surface area (Å²) in [4.78, 5) is 22.9. The highest BCUT2D eigenvalue weighted by Crippen LogP contribution is 2.13. The van der Waals surface area contributed by atoms with E-state index in [0.717, 1.165) is 0 Å². The lowest BCUT2D eigenvalue weighted by Crippen LogP contribution is -2.39. The zero-order valence-electron chi connectivity index (χ0n) is 11.5. The third kappa shape index (κ3) is 4.10. The lowest BCUT2D eigenvalue weighted by molar-refractivity contribution is -0.146. The molecule has 0 bridgehead atoms. The molecule has 1 heterocycles. The summed E-state index contributed by atoms with van der Waals surface area (Å²) < 4.78 is 6.74. The number of amides is 1. The zero-order valence-corrected chi connectivity index (χ0v) is 11.5. The molecule has 0 radical (unpaired) electrons. The number of methoxy groups -OCH3 is 1. The molecule has 2 N–H and O–H groups in total. The second-order valence-electron chi connectivity index (χ2n) is 4.95. The first-order valence-electron chi connectivity index (χ1n) is 6.04. The molecule has 6 nitrogen and oxygen atoms in total. The summed E-state index contributed by atoms with van der Waals surface area (Å²) in [6.45, 7) is 4.31. The van der Waals surface area contributed by atoms with Gasteiger partial charge in [0.1, 0.15) is 5.69 Å². The first kappa shape index (κ1) is 15.2. The van der Waals surface area contributed by atoms with Gasteiger partial charge in [0.25, 0.3) is 5.91 Å². The van der Waals surface area contributed by atoms with Crippen molar-refractivity contribution < 1.29 is 19.4 Å². The summed E-state index contributed by atoms with van der Waals surface area (Å²) in [5.74, 6) is -1.22. The number of carbonyl (C=O) groups excluding carboxylic acids is 1. The first-order valence-corrected chi connectivity index (χ1v) is 6.04. The number of hydrogen-bond acceptors (Lipinski definition) is 3. The Labute approximate surface area is 112 Å². The lowest BCUT2D eigenvalue weighted by Gasteiger charge is -2.19. The average molecular weight is 268 g/mol. The van der Waals surface area contributed by atoms with Gasteiger partial charge in [-0.2, -0.15) is 0 Å². The van der Waals surface area contributed by atoms with Crippen LogP contribution < -0.4 is 5.32 Å². The van der Waals surface area contributed by atoms with Crippen LogP contribution in [0, 0.1) is 5.41 Å². The Kier molecular flexibility index (Phi) is 5.11. The third-order valence-electron chi connectivity index (χ3n) is 2.87. The summed E-state index contributed by atoms with van der Waals surface area (Å²) in [6.07, 6.45) is 1.79. The number of nitrogens with zero attached hydrogens (tertiary/aromatic N) is 1. The molecule has 0 spiro atoms. The van der Waals surface area contributed by atoms with E-state index >= 15 is 0 Å². The molecule has 0 aliphatic rings. The van der Waals surface area contributed by atoms with E-state index in [1.165, 1.54) is 0 Å². The van der Waals surface area contributed by atoms with Crippen molar-refractivity contribution in [1.29, 1.82) is 0 Å². The van der Waals surface area contributed by atoms with Gasteiger partial charge in [0.15, 0.2) is 0 Å². The quantitative estimate of drug-likeness (QED) is 0.772. The molecule has 106 valence electrons. The molecule has 1 aromatic rings. The van der Waals surface area contributed by atoms with Crippen molar-refractivity contribution in [3.63, 3.8) is 0 Å². The fourth-order valence-corrected chi connectivity index (χ4v) is 1.47. The maximum Gasteiger partial charge on any atom is 0.310 e. The van der Waals surface area contributed by atoms with Gasteiger partial charge in [-0.15, -0.1) is 0 Å². The topological polar surface area (TPSA) is 80.6 Å². The Morgan fingerprint density at radius 2 is 2.16 bits per heavy atom. The molecule has 19 heavy (non-hydrogen) atoms. The van der Waals surface area contributed by atoms with E-state index in [4.69, 9.17) is 9.84 Å². The van der Waals surface area contributed by atoms with Crippen LogP contribution in [0.15, 0.2) is 18.3 Å². The molecular formula is C13H20N2O4. The molecule has 0 unspecified atom stereocenters. The van der Waals surface area contributed by atoms with Gasteiger partial charge >= 0.3 is 5.97 Å². The van der Waals surface area contributed by atoms with Crippen molar-refractivity contribution >= 4 is 11.9 Å². The molecule has 1 rings (SSSR count). The van der Waals surface area contributed by atoms with E-state index in [-0.39, 0.29) is 12.5 Å². The second-order valence-corrected chi connectivity index (χ2v) is 4.95. The Hall–Kier alpha value is -1.82. The van der Waals surface area contributed by atoms with Gasteiger partial charge in [-0.3, -0.25) is 9.59 Å². The van der Waals surface area contributed by atoms with Gasteiger partial charge in [0.2, 0.25) is 0 Å². The van der Waals surface area contributed by atoms with Crippen molar-refractivity contribution in [2.45, 2.75) is 20.4 Å². The Morgan fingerprint density at radius 1 is 1.47 bits per heavy atom. The number of hydrogen-bond donors (Lipinski definition) is 2. The van der Waals surface area contributed by atoms with E-state index in [2.05, 4.69) is 5.32 Å². The molecule has 0 saturated carbocycles. The summed E-state index contributed by atoms with van der Waals surface area (Å²) >= 11 is 0. The van der Waals surface area contributed by atoms with E-state index in [1.807, 2.05) is 0 Å². The summed E-state index contributed by atoms with van der Waals surface area (Å²) in [5, 5.41) is 11.6. The van der Waals surface area contributed by atoms with Crippen LogP contribution >= 0.6 is 0 Å². The molecule has 0 aliphatic carbocycles. The third-order valence-corrected chi connectivity index (χ3v) is 2.87.